The van der Waals surface area contributed by atoms with Crippen LogP contribution in [0.3, 0.4) is 0 Å². The molecule has 1 aliphatic carbocycles. The summed E-state index contributed by atoms with van der Waals surface area (Å²) in [5.74, 6) is 1.33. The van der Waals surface area contributed by atoms with Crippen molar-refractivity contribution in [2.45, 2.75) is 44.9 Å². The van der Waals surface area contributed by atoms with Gasteiger partial charge in [-0.25, -0.2) is 4.79 Å². The Bertz CT molecular complexity index is 461. The molecule has 0 radical (unpaired) electrons. The van der Waals surface area contributed by atoms with Gasteiger partial charge in [0.25, 0.3) is 0 Å². The molecule has 1 heterocycles. The van der Waals surface area contributed by atoms with Gasteiger partial charge in [0.15, 0.2) is 0 Å². The lowest BCUT2D eigenvalue weighted by molar-refractivity contribution is 0.0922. The van der Waals surface area contributed by atoms with Gasteiger partial charge in [-0.15, -0.1) is 0 Å². The zero-order valence-electron chi connectivity index (χ0n) is 12.4. The third-order valence-corrected chi connectivity index (χ3v) is 4.76. The van der Waals surface area contributed by atoms with Crippen molar-refractivity contribution in [1.82, 2.24) is 10.6 Å². The molecule has 114 valence electrons. The lowest BCUT2D eigenvalue weighted by Gasteiger charge is -2.41. The Kier molecular flexibility index (Phi) is 4.76. The Hall–Kier alpha value is -1.55. The molecule has 0 aromatic heterocycles. The van der Waals surface area contributed by atoms with E-state index in [2.05, 4.69) is 10.6 Å². The van der Waals surface area contributed by atoms with Crippen molar-refractivity contribution < 1.29 is 9.53 Å². The lowest BCUT2D eigenvalue weighted by atomic mass is 9.74. The van der Waals surface area contributed by atoms with E-state index in [4.69, 9.17) is 4.74 Å². The molecule has 2 N–H and O–H groups in total. The number of hydrogen-bond donors (Lipinski definition) is 2. The summed E-state index contributed by atoms with van der Waals surface area (Å²) < 4.78 is 5.32. The summed E-state index contributed by atoms with van der Waals surface area (Å²) in [6.07, 6.45) is 6.13. The second-order valence-corrected chi connectivity index (χ2v) is 6.13. The molecule has 1 saturated carbocycles. The van der Waals surface area contributed by atoms with Crippen molar-refractivity contribution in [3.63, 3.8) is 0 Å². The molecule has 0 bridgehead atoms. The zero-order chi connectivity index (χ0) is 14.5. The van der Waals surface area contributed by atoms with Gasteiger partial charge in [0.2, 0.25) is 0 Å². The van der Waals surface area contributed by atoms with Crippen LogP contribution >= 0.6 is 0 Å². The summed E-state index contributed by atoms with van der Waals surface area (Å²) in [5, 5.41) is 6.45. The smallest absolute Gasteiger partial charge is 0.408 e. The summed E-state index contributed by atoms with van der Waals surface area (Å²) in [7, 11) is 0. The normalized spacial score (nSPS) is 28.5. The van der Waals surface area contributed by atoms with Gasteiger partial charge >= 0.3 is 6.09 Å². The highest BCUT2D eigenvalue weighted by Crippen LogP contribution is 2.35. The minimum absolute atomic E-state index is 0.0762. The Morgan fingerprint density at radius 1 is 1.19 bits per heavy atom. The van der Waals surface area contributed by atoms with Crippen molar-refractivity contribution in [2.24, 2.45) is 11.8 Å². The third kappa shape index (κ3) is 3.76. The van der Waals surface area contributed by atoms with E-state index in [1.807, 2.05) is 30.3 Å². The highest BCUT2D eigenvalue weighted by molar-refractivity contribution is 5.67. The average Bonchev–Trinajstić information content (AvgIpc) is 2.54. The topological polar surface area (TPSA) is 50.4 Å². The van der Waals surface area contributed by atoms with Gasteiger partial charge < -0.3 is 10.1 Å². The van der Waals surface area contributed by atoms with Crippen molar-refractivity contribution in [1.29, 1.82) is 0 Å². The highest BCUT2D eigenvalue weighted by Gasteiger charge is 2.35. The molecular weight excluding hydrogens is 264 g/mol. The fourth-order valence-electron chi connectivity index (χ4n) is 3.66. The minimum atomic E-state index is -0.317. The summed E-state index contributed by atoms with van der Waals surface area (Å²) in [6, 6.07) is 9.78. The van der Waals surface area contributed by atoms with Crippen molar-refractivity contribution in [2.75, 3.05) is 6.54 Å². The molecule has 1 aromatic rings. The number of amides is 1. The van der Waals surface area contributed by atoms with Gasteiger partial charge in [0.05, 0.1) is 6.17 Å². The Morgan fingerprint density at radius 3 is 2.86 bits per heavy atom. The van der Waals surface area contributed by atoms with Crippen LogP contribution in [0.4, 0.5) is 4.79 Å². The van der Waals surface area contributed by atoms with Crippen LogP contribution in [-0.4, -0.2) is 18.8 Å². The van der Waals surface area contributed by atoms with E-state index < -0.39 is 0 Å². The first-order chi connectivity index (χ1) is 10.3. The molecule has 1 amide bonds. The molecule has 21 heavy (non-hydrogen) atoms. The first-order valence-corrected chi connectivity index (χ1v) is 8.03. The summed E-state index contributed by atoms with van der Waals surface area (Å²) in [5.41, 5.74) is 1.01. The number of nitrogens with one attached hydrogen (secondary N) is 2. The molecule has 1 aromatic carbocycles. The summed E-state index contributed by atoms with van der Waals surface area (Å²) in [6.45, 7) is 1.32. The van der Waals surface area contributed by atoms with Crippen LogP contribution in [0, 0.1) is 11.8 Å². The number of alkyl carbamates (subject to hydrolysis) is 1. The van der Waals surface area contributed by atoms with Crippen molar-refractivity contribution in [3.8, 4) is 0 Å². The predicted octanol–water partition coefficient (Wildman–Crippen LogP) is 3.04. The molecule has 3 atom stereocenters. The van der Waals surface area contributed by atoms with Gasteiger partial charge in [-0.1, -0.05) is 49.6 Å². The van der Waals surface area contributed by atoms with E-state index >= 15 is 0 Å². The number of rotatable bonds is 3. The molecule has 3 unspecified atom stereocenters. The number of benzene rings is 1. The van der Waals surface area contributed by atoms with Crippen LogP contribution in [0.25, 0.3) is 0 Å². The highest BCUT2D eigenvalue weighted by atomic mass is 16.5. The van der Waals surface area contributed by atoms with E-state index in [9.17, 15) is 4.79 Å². The van der Waals surface area contributed by atoms with Crippen LogP contribution in [0.15, 0.2) is 30.3 Å². The van der Waals surface area contributed by atoms with E-state index in [-0.39, 0.29) is 12.3 Å². The maximum Gasteiger partial charge on any atom is 0.408 e. The molecule has 2 fully saturated rings. The van der Waals surface area contributed by atoms with Gasteiger partial charge in [0.1, 0.15) is 6.61 Å². The zero-order valence-corrected chi connectivity index (χ0v) is 12.4. The fraction of sp³-hybridized carbons (Fsp3) is 0.588. The Balaban J connectivity index is 1.49. The summed E-state index contributed by atoms with van der Waals surface area (Å²) in [4.78, 5) is 12.0. The standard InChI is InChI=1S/C17H24N2O2/c20-17(21-12-13-6-2-1-3-7-13)19-16-15-9-5-4-8-14(15)10-11-18-16/h1-3,6-7,14-16,18H,4-5,8-12H2,(H,19,20). The van der Waals surface area contributed by atoms with E-state index in [1.165, 1.54) is 32.1 Å². The molecule has 1 aliphatic heterocycles. The van der Waals surface area contributed by atoms with E-state index in [0.29, 0.717) is 12.5 Å². The molecular formula is C17H24N2O2. The van der Waals surface area contributed by atoms with Gasteiger partial charge in [0, 0.05) is 0 Å². The second kappa shape index (κ2) is 6.94. The summed E-state index contributed by atoms with van der Waals surface area (Å²) >= 11 is 0. The monoisotopic (exact) mass is 288 g/mol. The van der Waals surface area contributed by atoms with Crippen LogP contribution in [0.1, 0.15) is 37.7 Å². The maximum absolute atomic E-state index is 12.0. The SMILES string of the molecule is O=C(NC1NCCC2CCCCC21)OCc1ccccc1. The van der Waals surface area contributed by atoms with Gasteiger partial charge in [-0.3, -0.25) is 5.32 Å². The quantitative estimate of drug-likeness (QED) is 0.899. The average molecular weight is 288 g/mol. The Morgan fingerprint density at radius 2 is 2.00 bits per heavy atom. The van der Waals surface area contributed by atoms with E-state index in [1.54, 1.807) is 0 Å². The van der Waals surface area contributed by atoms with Crippen molar-refractivity contribution >= 4 is 6.09 Å². The van der Waals surface area contributed by atoms with Gasteiger partial charge in [-0.05, 0) is 36.8 Å². The van der Waals surface area contributed by atoms with E-state index in [0.717, 1.165) is 18.0 Å². The van der Waals surface area contributed by atoms with Crippen LogP contribution in [0.5, 0.6) is 0 Å². The molecule has 0 spiro atoms. The maximum atomic E-state index is 12.0. The van der Waals surface area contributed by atoms with Crippen molar-refractivity contribution in [3.05, 3.63) is 35.9 Å². The predicted molar refractivity (Wildman–Crippen MR) is 81.6 cm³/mol. The molecule has 1 saturated heterocycles. The van der Waals surface area contributed by atoms with Gasteiger partial charge in [-0.2, -0.15) is 0 Å². The third-order valence-electron chi connectivity index (χ3n) is 4.76. The molecule has 4 nitrogen and oxygen atoms in total. The molecule has 2 aliphatic rings. The Labute approximate surface area is 126 Å². The number of fused-ring (bicyclic) bond motifs is 1. The minimum Gasteiger partial charge on any atom is -0.445 e. The largest absolute Gasteiger partial charge is 0.445 e. The number of carbonyl (C=O) groups is 1. The van der Waals surface area contributed by atoms with Crippen LogP contribution < -0.4 is 10.6 Å². The first kappa shape index (κ1) is 14.4. The van der Waals surface area contributed by atoms with Crippen LogP contribution in [-0.2, 0) is 11.3 Å². The lowest BCUT2D eigenvalue weighted by Crippen LogP contribution is -2.56. The number of ether oxygens (including phenoxy) is 1. The fourth-order valence-corrected chi connectivity index (χ4v) is 3.66. The van der Waals surface area contributed by atoms with Crippen LogP contribution in [0.2, 0.25) is 0 Å². The number of piperidine rings is 1. The molecule has 3 rings (SSSR count). The number of carbonyl (C=O) groups excluding carboxylic acids is 1. The number of hydrogen-bond acceptors (Lipinski definition) is 3. The molecule has 4 heteroatoms. The second-order valence-electron chi connectivity index (χ2n) is 6.13. The first-order valence-electron chi connectivity index (χ1n) is 8.03.